The predicted octanol–water partition coefficient (Wildman–Crippen LogP) is 4.09. The van der Waals surface area contributed by atoms with Gasteiger partial charge in [-0.15, -0.1) is 0 Å². The Morgan fingerprint density at radius 2 is 1.89 bits per heavy atom. The van der Waals surface area contributed by atoms with Crippen molar-refractivity contribution in [1.29, 1.82) is 0 Å². The Morgan fingerprint density at radius 1 is 1.05 bits per heavy atom. The molecule has 7 nitrogen and oxygen atoms in total. The second-order valence-electron chi connectivity index (χ2n) is 10.4. The zero-order chi connectivity index (χ0) is 26.7. The van der Waals surface area contributed by atoms with Crippen LogP contribution < -0.4 is 9.64 Å². The molecule has 38 heavy (non-hydrogen) atoms. The third-order valence-electron chi connectivity index (χ3n) is 7.97. The minimum absolute atomic E-state index is 0.137. The molecule has 6 rings (SSSR count). The van der Waals surface area contributed by atoms with E-state index < -0.39 is 21.8 Å². The number of pyridine rings is 1. The Morgan fingerprint density at radius 3 is 2.71 bits per heavy atom. The Bertz CT molecular complexity index is 1490. The van der Waals surface area contributed by atoms with Crippen molar-refractivity contribution in [3.63, 3.8) is 0 Å². The van der Waals surface area contributed by atoms with Crippen LogP contribution in [0.4, 0.5) is 19.0 Å². The average molecular weight is 547 g/mol. The van der Waals surface area contributed by atoms with Crippen molar-refractivity contribution in [3.05, 3.63) is 59.9 Å². The van der Waals surface area contributed by atoms with Crippen LogP contribution in [-0.2, 0) is 10.0 Å². The van der Waals surface area contributed by atoms with E-state index in [1.54, 1.807) is 30.3 Å². The van der Waals surface area contributed by atoms with E-state index in [4.69, 9.17) is 9.72 Å². The number of alkyl halides is 2. The molecule has 3 saturated heterocycles. The zero-order valence-corrected chi connectivity index (χ0v) is 21.8. The van der Waals surface area contributed by atoms with E-state index in [0.29, 0.717) is 54.9 Å². The van der Waals surface area contributed by atoms with Crippen molar-refractivity contribution in [1.82, 2.24) is 14.2 Å². The van der Waals surface area contributed by atoms with Crippen molar-refractivity contribution in [3.8, 4) is 5.75 Å². The minimum Gasteiger partial charge on any atom is -0.493 e. The summed E-state index contributed by atoms with van der Waals surface area (Å²) in [7, 11) is -2.36. The maximum atomic E-state index is 14.2. The van der Waals surface area contributed by atoms with E-state index in [0.717, 1.165) is 0 Å². The summed E-state index contributed by atoms with van der Waals surface area (Å²) in [4.78, 5) is 8.76. The number of aromatic nitrogens is 1. The van der Waals surface area contributed by atoms with Crippen LogP contribution in [0, 0.1) is 5.82 Å². The summed E-state index contributed by atoms with van der Waals surface area (Å²) in [5.74, 6) is -2.41. The molecule has 0 saturated carbocycles. The smallest absolute Gasteiger partial charge is 0.262 e. The highest BCUT2D eigenvalue weighted by Gasteiger charge is 2.47. The molecule has 1 aromatic heterocycles. The SMILES string of the molecule is COc1c(F)cccc1C1CCN(S(=O)(=O)c2ccc3nc(N4CCN5CC(F)(F)C[C@H]5C4)ccc3c2)C1. The van der Waals surface area contributed by atoms with Gasteiger partial charge in [0.15, 0.2) is 11.6 Å². The fourth-order valence-electron chi connectivity index (χ4n) is 6.05. The number of hydrogen-bond donors (Lipinski definition) is 0. The maximum absolute atomic E-state index is 14.2. The quantitative estimate of drug-likeness (QED) is 0.481. The number of fused-ring (bicyclic) bond motifs is 2. The van der Waals surface area contributed by atoms with E-state index in [1.807, 2.05) is 21.9 Å². The van der Waals surface area contributed by atoms with Crippen LogP contribution in [-0.4, -0.2) is 80.9 Å². The molecule has 0 aliphatic carbocycles. The van der Waals surface area contributed by atoms with Gasteiger partial charge in [0, 0.05) is 62.1 Å². The number of rotatable bonds is 5. The predicted molar refractivity (Wildman–Crippen MR) is 138 cm³/mol. The molecule has 0 N–H and O–H groups in total. The molecule has 3 aromatic rings. The van der Waals surface area contributed by atoms with Gasteiger partial charge in [-0.3, -0.25) is 4.90 Å². The zero-order valence-electron chi connectivity index (χ0n) is 21.0. The molecule has 3 fully saturated rings. The third kappa shape index (κ3) is 4.50. The van der Waals surface area contributed by atoms with Gasteiger partial charge in [-0.2, -0.15) is 4.31 Å². The summed E-state index contributed by atoms with van der Waals surface area (Å²) in [6.45, 7) is 2.06. The molecule has 4 heterocycles. The van der Waals surface area contributed by atoms with E-state index in [2.05, 4.69) is 0 Å². The second-order valence-corrected chi connectivity index (χ2v) is 12.3. The van der Waals surface area contributed by atoms with Crippen molar-refractivity contribution in [2.24, 2.45) is 0 Å². The number of piperazine rings is 1. The number of sulfonamides is 1. The lowest BCUT2D eigenvalue weighted by Crippen LogP contribution is -2.50. The fourth-order valence-corrected chi connectivity index (χ4v) is 7.59. The van der Waals surface area contributed by atoms with Gasteiger partial charge >= 0.3 is 0 Å². The van der Waals surface area contributed by atoms with Crippen LogP contribution in [0.2, 0.25) is 0 Å². The molecule has 0 spiro atoms. The molecule has 11 heteroatoms. The standard InChI is InChI=1S/C27H29F3N4O3S/c1-37-26-22(3-2-4-23(26)28)19-9-10-34(15-19)38(35,36)21-6-7-24-18(13-21)5-8-25(31-24)32-11-12-33-17-27(29,30)14-20(33)16-32/h2-8,13,19-20H,9-12,14-17H2,1H3/t19?,20-/m0/s1. The summed E-state index contributed by atoms with van der Waals surface area (Å²) >= 11 is 0. The van der Waals surface area contributed by atoms with Crippen molar-refractivity contribution < 1.29 is 26.3 Å². The highest BCUT2D eigenvalue weighted by molar-refractivity contribution is 7.89. The molecule has 3 aliphatic rings. The number of ether oxygens (including phenoxy) is 1. The summed E-state index contributed by atoms with van der Waals surface area (Å²) in [6.07, 6.45) is 0.430. The van der Waals surface area contributed by atoms with Gasteiger partial charge in [-0.1, -0.05) is 12.1 Å². The number of para-hydroxylation sites is 1. The number of methoxy groups -OCH3 is 1. The molecule has 3 aliphatic heterocycles. The molecule has 2 atom stereocenters. The normalized spacial score (nSPS) is 24.2. The van der Waals surface area contributed by atoms with Crippen LogP contribution in [0.25, 0.3) is 10.9 Å². The van der Waals surface area contributed by atoms with Crippen LogP contribution >= 0.6 is 0 Å². The van der Waals surface area contributed by atoms with E-state index in [9.17, 15) is 21.6 Å². The number of hydrogen-bond acceptors (Lipinski definition) is 6. The second kappa shape index (κ2) is 9.39. The summed E-state index contributed by atoms with van der Waals surface area (Å²) in [5.41, 5.74) is 1.31. The first-order chi connectivity index (χ1) is 18.1. The van der Waals surface area contributed by atoms with Gasteiger partial charge in [0.1, 0.15) is 5.82 Å². The first-order valence-corrected chi connectivity index (χ1v) is 14.2. The molecule has 1 unspecified atom stereocenters. The first kappa shape index (κ1) is 25.4. The fraction of sp³-hybridized carbons (Fsp3) is 0.444. The molecule has 2 aromatic carbocycles. The van der Waals surface area contributed by atoms with Crippen molar-refractivity contribution >= 4 is 26.7 Å². The van der Waals surface area contributed by atoms with Crippen LogP contribution in [0.3, 0.4) is 0 Å². The average Bonchev–Trinajstić information content (AvgIpc) is 3.51. The highest BCUT2D eigenvalue weighted by Crippen LogP contribution is 2.38. The Hall–Kier alpha value is -2.89. The van der Waals surface area contributed by atoms with Gasteiger partial charge in [-0.05, 0) is 42.8 Å². The summed E-state index contributed by atoms with van der Waals surface area (Å²) in [6, 6.07) is 13.0. The maximum Gasteiger partial charge on any atom is 0.262 e. The summed E-state index contributed by atoms with van der Waals surface area (Å²) in [5, 5.41) is 0.684. The molecule has 202 valence electrons. The van der Waals surface area contributed by atoms with Crippen LogP contribution in [0.15, 0.2) is 53.4 Å². The third-order valence-corrected chi connectivity index (χ3v) is 9.83. The van der Waals surface area contributed by atoms with Gasteiger partial charge < -0.3 is 9.64 Å². The first-order valence-electron chi connectivity index (χ1n) is 12.7. The van der Waals surface area contributed by atoms with E-state index in [1.165, 1.54) is 17.5 Å². The Labute approximate surface area is 219 Å². The molecule has 0 amide bonds. The highest BCUT2D eigenvalue weighted by atomic mass is 32.2. The lowest BCUT2D eigenvalue weighted by Gasteiger charge is -2.37. The van der Waals surface area contributed by atoms with E-state index >= 15 is 0 Å². The van der Waals surface area contributed by atoms with Crippen molar-refractivity contribution in [2.45, 2.75) is 35.6 Å². The topological polar surface area (TPSA) is 66.0 Å². The van der Waals surface area contributed by atoms with Crippen LogP contribution in [0.1, 0.15) is 24.3 Å². The van der Waals surface area contributed by atoms with Gasteiger partial charge in [-0.25, -0.2) is 26.6 Å². The lowest BCUT2D eigenvalue weighted by atomic mass is 9.97. The van der Waals surface area contributed by atoms with Gasteiger partial charge in [0.2, 0.25) is 10.0 Å². The molecule has 0 radical (unpaired) electrons. The van der Waals surface area contributed by atoms with Crippen LogP contribution in [0.5, 0.6) is 5.75 Å². The van der Waals surface area contributed by atoms with Gasteiger partial charge in [0.25, 0.3) is 5.92 Å². The van der Waals surface area contributed by atoms with E-state index in [-0.39, 0.29) is 42.1 Å². The summed E-state index contributed by atoms with van der Waals surface area (Å²) < 4.78 is 75.5. The number of nitrogens with zero attached hydrogens (tertiary/aromatic N) is 4. The van der Waals surface area contributed by atoms with Gasteiger partial charge in [0.05, 0.1) is 24.1 Å². The molecule has 0 bridgehead atoms. The Kier molecular flexibility index (Phi) is 6.27. The Balaban J connectivity index is 1.20. The molecular weight excluding hydrogens is 517 g/mol. The largest absolute Gasteiger partial charge is 0.493 e. The molecular formula is C27H29F3N4O3S. The lowest BCUT2D eigenvalue weighted by molar-refractivity contribution is 0.0125. The number of halogens is 3. The van der Waals surface area contributed by atoms with Crippen molar-refractivity contribution in [2.75, 3.05) is 51.3 Å². The number of anilines is 1. The minimum atomic E-state index is -3.77. The monoisotopic (exact) mass is 546 g/mol. The number of benzene rings is 2.